The van der Waals surface area contributed by atoms with Crippen LogP contribution in [-0.4, -0.2) is 30.2 Å². The van der Waals surface area contributed by atoms with Crippen molar-refractivity contribution in [2.24, 2.45) is 0 Å². The number of halogens is 3. The summed E-state index contributed by atoms with van der Waals surface area (Å²) in [5, 5.41) is 3.50. The third-order valence-electron chi connectivity index (χ3n) is 3.76. The molecule has 2 rings (SSSR count). The van der Waals surface area contributed by atoms with Gasteiger partial charge in [-0.2, -0.15) is 13.2 Å². The normalized spacial score (nSPS) is 17.6. The molecule has 1 saturated heterocycles. The van der Waals surface area contributed by atoms with Crippen LogP contribution in [0, 0.1) is 6.92 Å². The number of hydrogen-bond donors (Lipinski definition) is 1. The second-order valence-electron chi connectivity index (χ2n) is 5.88. The third-order valence-corrected chi connectivity index (χ3v) is 3.76. The average molecular weight is 301 g/mol. The summed E-state index contributed by atoms with van der Waals surface area (Å²) in [5.74, 6) is 0.642. The molecule has 21 heavy (non-hydrogen) atoms. The van der Waals surface area contributed by atoms with E-state index in [1.54, 1.807) is 0 Å². The fourth-order valence-corrected chi connectivity index (χ4v) is 2.77. The number of hydrogen-bond acceptors (Lipinski definition) is 3. The highest BCUT2D eigenvalue weighted by Gasteiger charge is 2.33. The minimum absolute atomic E-state index is 0.0439. The number of piperidine rings is 1. The van der Waals surface area contributed by atoms with E-state index in [1.807, 2.05) is 0 Å². The van der Waals surface area contributed by atoms with Gasteiger partial charge in [0.1, 0.15) is 5.82 Å². The summed E-state index contributed by atoms with van der Waals surface area (Å²) in [4.78, 5) is 6.20. The van der Waals surface area contributed by atoms with Crippen molar-refractivity contribution in [2.45, 2.75) is 51.9 Å². The number of pyridine rings is 1. The number of anilines is 1. The van der Waals surface area contributed by atoms with E-state index >= 15 is 0 Å². The van der Waals surface area contributed by atoms with Crippen LogP contribution in [0.4, 0.5) is 19.0 Å². The molecule has 2 heterocycles. The second kappa shape index (κ2) is 6.22. The molecule has 118 valence electrons. The zero-order chi connectivity index (χ0) is 15.6. The van der Waals surface area contributed by atoms with Gasteiger partial charge in [0, 0.05) is 25.2 Å². The van der Waals surface area contributed by atoms with Crippen molar-refractivity contribution < 1.29 is 13.2 Å². The Morgan fingerprint density at radius 3 is 2.33 bits per heavy atom. The lowest BCUT2D eigenvalue weighted by atomic mass is 10.0. The van der Waals surface area contributed by atoms with Gasteiger partial charge in [-0.25, -0.2) is 4.98 Å². The molecule has 1 aromatic rings. The zero-order valence-corrected chi connectivity index (χ0v) is 12.7. The first-order valence-corrected chi connectivity index (χ1v) is 7.33. The summed E-state index contributed by atoms with van der Waals surface area (Å²) in [6.07, 6.45) is -2.36. The van der Waals surface area contributed by atoms with Crippen LogP contribution >= 0.6 is 0 Å². The summed E-state index contributed by atoms with van der Waals surface area (Å²) in [7, 11) is 0. The molecule has 1 aromatic heterocycles. The van der Waals surface area contributed by atoms with Crippen LogP contribution < -0.4 is 10.2 Å². The summed E-state index contributed by atoms with van der Waals surface area (Å²) < 4.78 is 38.2. The molecule has 0 bridgehead atoms. The van der Waals surface area contributed by atoms with Gasteiger partial charge in [0.05, 0.1) is 11.3 Å². The molecular formula is C15H22F3N3. The van der Waals surface area contributed by atoms with Gasteiger partial charge in [0.25, 0.3) is 0 Å². The van der Waals surface area contributed by atoms with E-state index < -0.39 is 11.7 Å². The monoisotopic (exact) mass is 301 g/mol. The predicted octanol–water partition coefficient (Wildman–Crippen LogP) is 3.38. The van der Waals surface area contributed by atoms with Gasteiger partial charge in [0.2, 0.25) is 0 Å². The Morgan fingerprint density at radius 1 is 1.24 bits per heavy atom. The third kappa shape index (κ3) is 4.09. The van der Waals surface area contributed by atoms with Gasteiger partial charge < -0.3 is 10.2 Å². The number of rotatable bonds is 3. The van der Waals surface area contributed by atoms with Crippen molar-refractivity contribution in [2.75, 3.05) is 18.0 Å². The zero-order valence-electron chi connectivity index (χ0n) is 12.7. The number of nitrogens with one attached hydrogen (secondary N) is 1. The number of alkyl halides is 3. The SMILES string of the molecule is Cc1nc(N2CCC(NC(C)C)CC2)ccc1C(F)(F)F. The van der Waals surface area contributed by atoms with Crippen molar-refractivity contribution in [1.29, 1.82) is 0 Å². The first kappa shape index (κ1) is 16.1. The molecule has 6 heteroatoms. The highest BCUT2D eigenvalue weighted by Crippen LogP contribution is 2.32. The molecule has 0 unspecified atom stereocenters. The minimum Gasteiger partial charge on any atom is -0.356 e. The molecule has 0 aliphatic carbocycles. The second-order valence-corrected chi connectivity index (χ2v) is 5.88. The van der Waals surface area contributed by atoms with Gasteiger partial charge in [-0.3, -0.25) is 0 Å². The topological polar surface area (TPSA) is 28.2 Å². The fourth-order valence-electron chi connectivity index (χ4n) is 2.77. The molecular weight excluding hydrogens is 279 g/mol. The molecule has 0 atom stereocenters. The molecule has 1 aliphatic heterocycles. The quantitative estimate of drug-likeness (QED) is 0.927. The van der Waals surface area contributed by atoms with E-state index in [-0.39, 0.29) is 5.69 Å². The van der Waals surface area contributed by atoms with Gasteiger partial charge in [-0.05, 0) is 31.9 Å². The first-order valence-electron chi connectivity index (χ1n) is 7.33. The van der Waals surface area contributed by atoms with Crippen LogP contribution in [0.15, 0.2) is 12.1 Å². The van der Waals surface area contributed by atoms with Crippen molar-refractivity contribution in [3.8, 4) is 0 Å². The Labute approximate surface area is 123 Å². The summed E-state index contributed by atoms with van der Waals surface area (Å²) in [6.45, 7) is 7.30. The lowest BCUT2D eigenvalue weighted by Gasteiger charge is -2.34. The van der Waals surface area contributed by atoms with Crippen molar-refractivity contribution in [3.63, 3.8) is 0 Å². The number of nitrogens with zero attached hydrogens (tertiary/aromatic N) is 2. The number of aromatic nitrogens is 1. The van der Waals surface area contributed by atoms with E-state index in [0.717, 1.165) is 32.0 Å². The highest BCUT2D eigenvalue weighted by molar-refractivity contribution is 5.42. The number of aryl methyl sites for hydroxylation is 1. The lowest BCUT2D eigenvalue weighted by molar-refractivity contribution is -0.138. The Hall–Kier alpha value is -1.30. The molecule has 1 aliphatic rings. The Balaban J connectivity index is 2.03. The van der Waals surface area contributed by atoms with Crippen LogP contribution in [-0.2, 0) is 6.18 Å². The van der Waals surface area contributed by atoms with Gasteiger partial charge in [-0.1, -0.05) is 13.8 Å². The molecule has 0 aromatic carbocycles. The minimum atomic E-state index is -4.33. The van der Waals surface area contributed by atoms with Crippen LogP contribution in [0.25, 0.3) is 0 Å². The molecule has 0 saturated carbocycles. The van der Waals surface area contributed by atoms with Gasteiger partial charge in [0.15, 0.2) is 0 Å². The van der Waals surface area contributed by atoms with E-state index in [4.69, 9.17) is 0 Å². The standard InChI is InChI=1S/C15H22F3N3/c1-10(2)19-12-6-8-21(9-7-12)14-5-4-13(11(3)20-14)15(16,17)18/h4-5,10,12,19H,6-9H2,1-3H3. The average Bonchev–Trinajstić information content (AvgIpc) is 2.37. The maximum Gasteiger partial charge on any atom is 0.418 e. The van der Waals surface area contributed by atoms with E-state index in [0.29, 0.717) is 17.9 Å². The van der Waals surface area contributed by atoms with E-state index in [9.17, 15) is 13.2 Å². The smallest absolute Gasteiger partial charge is 0.356 e. The lowest BCUT2D eigenvalue weighted by Crippen LogP contribution is -2.45. The highest BCUT2D eigenvalue weighted by atomic mass is 19.4. The Morgan fingerprint density at radius 2 is 1.86 bits per heavy atom. The molecule has 0 amide bonds. The van der Waals surface area contributed by atoms with Crippen molar-refractivity contribution in [1.82, 2.24) is 10.3 Å². The van der Waals surface area contributed by atoms with E-state index in [1.165, 1.54) is 13.0 Å². The molecule has 3 nitrogen and oxygen atoms in total. The largest absolute Gasteiger partial charge is 0.418 e. The maximum absolute atomic E-state index is 12.7. The summed E-state index contributed by atoms with van der Waals surface area (Å²) in [6, 6.07) is 3.55. The maximum atomic E-state index is 12.7. The van der Waals surface area contributed by atoms with E-state index in [2.05, 4.69) is 29.0 Å². The van der Waals surface area contributed by atoms with Crippen LogP contribution in [0.3, 0.4) is 0 Å². The van der Waals surface area contributed by atoms with Crippen LogP contribution in [0.1, 0.15) is 37.9 Å². The predicted molar refractivity (Wildman–Crippen MR) is 77.5 cm³/mol. The Kier molecular flexibility index (Phi) is 4.76. The summed E-state index contributed by atoms with van der Waals surface area (Å²) in [5.41, 5.74) is -0.606. The van der Waals surface area contributed by atoms with Crippen LogP contribution in [0.2, 0.25) is 0 Å². The van der Waals surface area contributed by atoms with Gasteiger partial charge in [-0.15, -0.1) is 0 Å². The summed E-state index contributed by atoms with van der Waals surface area (Å²) >= 11 is 0. The van der Waals surface area contributed by atoms with Crippen molar-refractivity contribution >= 4 is 5.82 Å². The Bertz CT molecular complexity index is 478. The fraction of sp³-hybridized carbons (Fsp3) is 0.667. The van der Waals surface area contributed by atoms with Gasteiger partial charge >= 0.3 is 6.18 Å². The molecule has 1 fully saturated rings. The molecule has 0 spiro atoms. The molecule has 0 radical (unpaired) electrons. The van der Waals surface area contributed by atoms with Crippen LogP contribution in [0.5, 0.6) is 0 Å². The van der Waals surface area contributed by atoms with Crippen molar-refractivity contribution in [3.05, 3.63) is 23.4 Å². The first-order chi connectivity index (χ1) is 9.77. The molecule has 1 N–H and O–H groups in total.